The molecule has 0 fully saturated rings. The minimum Gasteiger partial charge on any atom is -0.495 e. The van der Waals surface area contributed by atoms with E-state index in [1.54, 1.807) is 7.11 Å². The highest BCUT2D eigenvalue weighted by Crippen LogP contribution is 2.28. The SMILES string of the molecule is CCCOc1cccc(CNc2cc(Br)ccc2OC)c1. The van der Waals surface area contributed by atoms with Crippen LogP contribution in [-0.2, 0) is 6.54 Å². The second-order valence-corrected chi connectivity index (χ2v) is 5.61. The fourth-order valence-electron chi connectivity index (χ4n) is 1.98. The first-order valence-electron chi connectivity index (χ1n) is 7.02. The van der Waals surface area contributed by atoms with E-state index < -0.39 is 0 Å². The lowest BCUT2D eigenvalue weighted by Crippen LogP contribution is -2.02. The topological polar surface area (TPSA) is 30.5 Å². The fourth-order valence-corrected chi connectivity index (χ4v) is 2.34. The number of methoxy groups -OCH3 is 1. The predicted molar refractivity (Wildman–Crippen MR) is 90.2 cm³/mol. The first-order valence-corrected chi connectivity index (χ1v) is 7.81. The molecule has 2 aromatic carbocycles. The monoisotopic (exact) mass is 349 g/mol. The standard InChI is InChI=1S/C17H20BrNO2/c1-3-9-21-15-6-4-5-13(10-15)12-19-16-11-14(18)7-8-17(16)20-2/h4-8,10-11,19H,3,9,12H2,1-2H3. The third-order valence-electron chi connectivity index (χ3n) is 3.02. The van der Waals surface area contributed by atoms with Gasteiger partial charge in [-0.05, 0) is 42.3 Å². The van der Waals surface area contributed by atoms with Crippen molar-refractivity contribution in [2.45, 2.75) is 19.9 Å². The molecule has 0 amide bonds. The lowest BCUT2D eigenvalue weighted by Gasteiger charge is -2.12. The van der Waals surface area contributed by atoms with Crippen molar-refractivity contribution < 1.29 is 9.47 Å². The molecule has 0 unspecified atom stereocenters. The van der Waals surface area contributed by atoms with Gasteiger partial charge in [-0.1, -0.05) is 35.0 Å². The van der Waals surface area contributed by atoms with Gasteiger partial charge >= 0.3 is 0 Å². The van der Waals surface area contributed by atoms with Gasteiger partial charge in [0, 0.05) is 11.0 Å². The Morgan fingerprint density at radius 1 is 1.14 bits per heavy atom. The molecule has 0 aliphatic rings. The summed E-state index contributed by atoms with van der Waals surface area (Å²) in [6, 6.07) is 14.1. The van der Waals surface area contributed by atoms with Crippen molar-refractivity contribution in [1.29, 1.82) is 0 Å². The van der Waals surface area contributed by atoms with E-state index in [1.165, 1.54) is 5.56 Å². The average molecular weight is 350 g/mol. The van der Waals surface area contributed by atoms with E-state index in [-0.39, 0.29) is 0 Å². The highest BCUT2D eigenvalue weighted by Gasteiger charge is 2.04. The predicted octanol–water partition coefficient (Wildman–Crippen LogP) is 4.86. The van der Waals surface area contributed by atoms with Crippen molar-refractivity contribution in [1.82, 2.24) is 0 Å². The van der Waals surface area contributed by atoms with Gasteiger partial charge in [0.05, 0.1) is 19.4 Å². The maximum atomic E-state index is 5.65. The Morgan fingerprint density at radius 3 is 2.76 bits per heavy atom. The second kappa shape index (κ2) is 7.93. The number of rotatable bonds is 7. The molecule has 112 valence electrons. The summed E-state index contributed by atoms with van der Waals surface area (Å²) in [5.41, 5.74) is 2.14. The van der Waals surface area contributed by atoms with Gasteiger partial charge in [0.15, 0.2) is 0 Å². The Balaban J connectivity index is 2.04. The molecule has 3 nitrogen and oxygen atoms in total. The van der Waals surface area contributed by atoms with Crippen LogP contribution in [0.3, 0.4) is 0 Å². The van der Waals surface area contributed by atoms with E-state index in [4.69, 9.17) is 9.47 Å². The molecule has 4 heteroatoms. The minimum absolute atomic E-state index is 0.718. The van der Waals surface area contributed by atoms with Gasteiger partial charge in [-0.3, -0.25) is 0 Å². The maximum Gasteiger partial charge on any atom is 0.142 e. The van der Waals surface area contributed by atoms with Crippen LogP contribution in [0.15, 0.2) is 46.9 Å². The number of benzene rings is 2. The van der Waals surface area contributed by atoms with Crippen molar-refractivity contribution in [2.75, 3.05) is 19.0 Å². The molecule has 0 aromatic heterocycles. The minimum atomic E-state index is 0.718. The van der Waals surface area contributed by atoms with Crippen molar-refractivity contribution in [2.24, 2.45) is 0 Å². The van der Waals surface area contributed by atoms with E-state index >= 15 is 0 Å². The zero-order valence-corrected chi connectivity index (χ0v) is 13.9. The molecule has 0 bridgehead atoms. The molecule has 0 saturated heterocycles. The van der Waals surface area contributed by atoms with Crippen molar-refractivity contribution in [3.63, 3.8) is 0 Å². The zero-order chi connectivity index (χ0) is 15.1. The van der Waals surface area contributed by atoms with Crippen LogP contribution < -0.4 is 14.8 Å². The Bertz CT molecular complexity index is 587. The number of hydrogen-bond acceptors (Lipinski definition) is 3. The van der Waals surface area contributed by atoms with E-state index in [0.717, 1.165) is 41.2 Å². The maximum absolute atomic E-state index is 5.65. The molecule has 21 heavy (non-hydrogen) atoms. The smallest absolute Gasteiger partial charge is 0.142 e. The summed E-state index contributed by atoms with van der Waals surface area (Å²) in [4.78, 5) is 0. The Labute approximate surface area is 134 Å². The van der Waals surface area contributed by atoms with E-state index in [9.17, 15) is 0 Å². The Hall–Kier alpha value is -1.68. The first kappa shape index (κ1) is 15.7. The van der Waals surface area contributed by atoms with E-state index in [0.29, 0.717) is 0 Å². The van der Waals surface area contributed by atoms with Crippen LogP contribution in [0, 0.1) is 0 Å². The molecule has 0 aliphatic carbocycles. The summed E-state index contributed by atoms with van der Waals surface area (Å²) in [6.45, 7) is 3.57. The van der Waals surface area contributed by atoms with Crippen molar-refractivity contribution >= 4 is 21.6 Å². The van der Waals surface area contributed by atoms with Gasteiger partial charge < -0.3 is 14.8 Å². The number of nitrogens with one attached hydrogen (secondary N) is 1. The van der Waals surface area contributed by atoms with Gasteiger partial charge in [0.1, 0.15) is 11.5 Å². The summed E-state index contributed by atoms with van der Waals surface area (Å²) >= 11 is 3.48. The van der Waals surface area contributed by atoms with Gasteiger partial charge in [0.2, 0.25) is 0 Å². The summed E-state index contributed by atoms with van der Waals surface area (Å²) in [5.74, 6) is 1.74. The number of ether oxygens (including phenoxy) is 2. The molecule has 2 aromatic rings. The molecule has 0 heterocycles. The molecular weight excluding hydrogens is 330 g/mol. The number of anilines is 1. The summed E-state index contributed by atoms with van der Waals surface area (Å²) < 4.78 is 12.0. The molecule has 0 atom stereocenters. The highest BCUT2D eigenvalue weighted by molar-refractivity contribution is 9.10. The van der Waals surface area contributed by atoms with Crippen LogP contribution in [0.1, 0.15) is 18.9 Å². The average Bonchev–Trinajstić information content (AvgIpc) is 2.51. The van der Waals surface area contributed by atoms with E-state index in [1.807, 2.05) is 30.3 Å². The summed E-state index contributed by atoms with van der Waals surface area (Å²) in [5, 5.41) is 3.39. The fraction of sp³-hybridized carbons (Fsp3) is 0.294. The van der Waals surface area contributed by atoms with Crippen LogP contribution in [0.2, 0.25) is 0 Å². The molecule has 2 rings (SSSR count). The number of halogens is 1. The molecule has 0 radical (unpaired) electrons. The normalized spacial score (nSPS) is 10.2. The Kier molecular flexibility index (Phi) is 5.93. The van der Waals surface area contributed by atoms with Crippen LogP contribution >= 0.6 is 15.9 Å². The molecular formula is C17H20BrNO2. The first-order chi connectivity index (χ1) is 10.2. The number of hydrogen-bond donors (Lipinski definition) is 1. The van der Waals surface area contributed by atoms with Crippen LogP contribution in [-0.4, -0.2) is 13.7 Å². The third-order valence-corrected chi connectivity index (χ3v) is 3.51. The van der Waals surface area contributed by atoms with Crippen LogP contribution in [0.4, 0.5) is 5.69 Å². The zero-order valence-electron chi connectivity index (χ0n) is 12.4. The highest BCUT2D eigenvalue weighted by atomic mass is 79.9. The van der Waals surface area contributed by atoms with Crippen LogP contribution in [0.25, 0.3) is 0 Å². The van der Waals surface area contributed by atoms with Gasteiger partial charge in [0.25, 0.3) is 0 Å². The second-order valence-electron chi connectivity index (χ2n) is 4.69. The van der Waals surface area contributed by atoms with Gasteiger partial charge in [-0.15, -0.1) is 0 Å². The van der Waals surface area contributed by atoms with Gasteiger partial charge in [-0.25, -0.2) is 0 Å². The van der Waals surface area contributed by atoms with E-state index in [2.05, 4.69) is 40.3 Å². The summed E-state index contributed by atoms with van der Waals surface area (Å²) in [6.07, 6.45) is 1.01. The molecule has 0 spiro atoms. The lowest BCUT2D eigenvalue weighted by molar-refractivity contribution is 0.317. The third kappa shape index (κ3) is 4.67. The quantitative estimate of drug-likeness (QED) is 0.774. The molecule has 0 saturated carbocycles. The molecule has 0 aliphatic heterocycles. The van der Waals surface area contributed by atoms with Crippen molar-refractivity contribution in [3.8, 4) is 11.5 Å². The Morgan fingerprint density at radius 2 is 2.00 bits per heavy atom. The van der Waals surface area contributed by atoms with Gasteiger partial charge in [-0.2, -0.15) is 0 Å². The lowest BCUT2D eigenvalue weighted by atomic mass is 10.2. The largest absolute Gasteiger partial charge is 0.495 e. The molecule has 1 N–H and O–H groups in total. The van der Waals surface area contributed by atoms with Crippen LogP contribution in [0.5, 0.6) is 11.5 Å². The summed E-state index contributed by atoms with van der Waals surface area (Å²) in [7, 11) is 1.67. The van der Waals surface area contributed by atoms with Crippen molar-refractivity contribution in [3.05, 3.63) is 52.5 Å².